The Morgan fingerprint density at radius 3 is 2.29 bits per heavy atom. The maximum Gasteiger partial charge on any atom is 0.244 e. The summed E-state index contributed by atoms with van der Waals surface area (Å²) in [7, 11) is -2.39. The highest BCUT2D eigenvalue weighted by atomic mass is 32.2. The third-order valence-electron chi connectivity index (χ3n) is 7.09. The van der Waals surface area contributed by atoms with Gasteiger partial charge in [-0.25, -0.2) is 13.1 Å². The average Bonchev–Trinajstić information content (AvgIpc) is 2.94. The van der Waals surface area contributed by atoms with Crippen molar-refractivity contribution in [2.75, 3.05) is 23.8 Å². The monoisotopic (exact) mass is 593 g/mol. The zero-order chi connectivity index (χ0) is 31.1. The topological polar surface area (TPSA) is 105 Å². The van der Waals surface area contributed by atoms with E-state index in [9.17, 15) is 18.0 Å². The SMILES string of the molecule is CCCCC(=O)N(CC(=O)Nc1cc(S(=O)(=O)NC)ccc1C(C)(C)C)c1ccc(C)c(OCc2ccccc2)c1C. The van der Waals surface area contributed by atoms with E-state index >= 15 is 0 Å². The van der Waals surface area contributed by atoms with E-state index in [4.69, 9.17) is 4.74 Å². The van der Waals surface area contributed by atoms with Crippen LogP contribution >= 0.6 is 0 Å². The van der Waals surface area contributed by atoms with E-state index in [1.807, 2.05) is 84.0 Å². The molecule has 0 heterocycles. The second-order valence-electron chi connectivity index (χ2n) is 11.4. The Labute approximate surface area is 250 Å². The molecule has 0 radical (unpaired) electrons. The largest absolute Gasteiger partial charge is 0.488 e. The quantitative estimate of drug-likeness (QED) is 0.258. The molecule has 0 aliphatic heterocycles. The zero-order valence-electron chi connectivity index (χ0n) is 25.7. The summed E-state index contributed by atoms with van der Waals surface area (Å²) in [5.41, 5.74) is 4.10. The number of ether oxygens (including phenoxy) is 1. The van der Waals surface area contributed by atoms with Gasteiger partial charge in [0, 0.05) is 17.7 Å². The molecule has 3 aromatic rings. The van der Waals surface area contributed by atoms with Crippen LogP contribution in [0, 0.1) is 13.8 Å². The fraction of sp³-hybridized carbons (Fsp3) is 0.394. The number of hydrogen-bond donors (Lipinski definition) is 2. The number of carbonyl (C=O) groups excluding carboxylic acids is 2. The standard InChI is InChI=1S/C33H43N3O5S/c1-8-9-15-31(38)36(29-19-16-23(2)32(24(29)3)41-22-25-13-11-10-12-14-25)21-30(37)35-28-20-26(42(39,40)34-7)17-18-27(28)33(4,5)6/h10-14,16-20,34H,8-9,15,21-22H2,1-7H3,(H,35,37). The van der Waals surface area contributed by atoms with Crippen LogP contribution in [0.4, 0.5) is 11.4 Å². The molecule has 0 aromatic heterocycles. The Morgan fingerprint density at radius 1 is 0.976 bits per heavy atom. The lowest BCUT2D eigenvalue weighted by molar-refractivity contribution is -0.121. The minimum absolute atomic E-state index is 0.0405. The predicted molar refractivity (Wildman–Crippen MR) is 169 cm³/mol. The minimum atomic E-state index is -3.73. The summed E-state index contributed by atoms with van der Waals surface area (Å²) in [5, 5.41) is 2.90. The summed E-state index contributed by atoms with van der Waals surface area (Å²) in [6.45, 7) is 11.9. The van der Waals surface area contributed by atoms with Crippen molar-refractivity contribution in [1.29, 1.82) is 0 Å². The van der Waals surface area contributed by atoms with Gasteiger partial charge < -0.3 is 15.0 Å². The highest BCUT2D eigenvalue weighted by Gasteiger charge is 2.26. The van der Waals surface area contributed by atoms with E-state index in [2.05, 4.69) is 10.0 Å². The molecule has 42 heavy (non-hydrogen) atoms. The first kappa shape index (κ1) is 32.8. The molecule has 0 saturated heterocycles. The Hall–Kier alpha value is -3.69. The number of unbranched alkanes of at least 4 members (excludes halogenated alkanes) is 1. The van der Waals surface area contributed by atoms with E-state index < -0.39 is 15.9 Å². The van der Waals surface area contributed by atoms with Gasteiger partial charge in [0.2, 0.25) is 21.8 Å². The van der Waals surface area contributed by atoms with Gasteiger partial charge in [-0.2, -0.15) is 0 Å². The van der Waals surface area contributed by atoms with Crippen LogP contribution in [0.15, 0.2) is 65.6 Å². The van der Waals surface area contributed by atoms with Crippen molar-refractivity contribution < 1.29 is 22.7 Å². The number of carbonyl (C=O) groups is 2. The second-order valence-corrected chi connectivity index (χ2v) is 13.3. The Bertz CT molecular complexity index is 1510. The lowest BCUT2D eigenvalue weighted by Gasteiger charge is -2.27. The molecule has 3 aromatic carbocycles. The molecule has 0 spiro atoms. The summed E-state index contributed by atoms with van der Waals surface area (Å²) >= 11 is 0. The van der Waals surface area contributed by atoms with E-state index in [-0.39, 0.29) is 22.8 Å². The third kappa shape index (κ3) is 8.20. The maximum absolute atomic E-state index is 13.6. The van der Waals surface area contributed by atoms with Crippen molar-refractivity contribution >= 4 is 33.2 Å². The smallest absolute Gasteiger partial charge is 0.244 e. The van der Waals surface area contributed by atoms with Crippen molar-refractivity contribution in [3.63, 3.8) is 0 Å². The Kier molecular flexibility index (Phi) is 10.9. The number of sulfonamides is 1. The third-order valence-corrected chi connectivity index (χ3v) is 8.50. The van der Waals surface area contributed by atoms with E-state index in [0.29, 0.717) is 36.6 Å². The van der Waals surface area contributed by atoms with E-state index in [0.717, 1.165) is 28.7 Å². The Balaban J connectivity index is 1.97. The fourth-order valence-corrected chi connectivity index (χ4v) is 5.49. The van der Waals surface area contributed by atoms with E-state index in [1.54, 1.807) is 6.07 Å². The van der Waals surface area contributed by atoms with Crippen molar-refractivity contribution in [1.82, 2.24) is 4.72 Å². The van der Waals surface area contributed by atoms with Crippen LogP contribution < -0.4 is 19.7 Å². The van der Waals surface area contributed by atoms with Crippen molar-refractivity contribution in [2.24, 2.45) is 0 Å². The molecular formula is C33H43N3O5S. The first-order chi connectivity index (χ1) is 19.8. The number of rotatable bonds is 12. The van der Waals surface area contributed by atoms with Crippen LogP contribution in [0.3, 0.4) is 0 Å². The summed E-state index contributed by atoms with van der Waals surface area (Å²) in [5.74, 6) is 0.0663. The first-order valence-corrected chi connectivity index (χ1v) is 15.7. The summed E-state index contributed by atoms with van der Waals surface area (Å²) < 4.78 is 33.5. The molecule has 226 valence electrons. The summed E-state index contributed by atoms with van der Waals surface area (Å²) in [6.07, 6.45) is 1.82. The molecule has 0 aliphatic carbocycles. The molecule has 8 nitrogen and oxygen atoms in total. The molecule has 0 atom stereocenters. The summed E-state index contributed by atoms with van der Waals surface area (Å²) in [4.78, 5) is 28.6. The van der Waals surface area contributed by atoms with Crippen LogP contribution in [0.25, 0.3) is 0 Å². The molecule has 0 fully saturated rings. The highest BCUT2D eigenvalue weighted by Crippen LogP contribution is 2.34. The van der Waals surface area contributed by atoms with Crippen LogP contribution in [-0.4, -0.2) is 33.8 Å². The number of benzene rings is 3. The number of amides is 2. The van der Waals surface area contributed by atoms with Crippen LogP contribution in [0.2, 0.25) is 0 Å². The maximum atomic E-state index is 13.6. The van der Waals surface area contributed by atoms with Gasteiger partial charge in [-0.3, -0.25) is 9.59 Å². The number of hydrogen-bond acceptors (Lipinski definition) is 5. The lowest BCUT2D eigenvalue weighted by Crippen LogP contribution is -2.39. The minimum Gasteiger partial charge on any atom is -0.488 e. The van der Waals surface area contributed by atoms with Crippen LogP contribution in [0.5, 0.6) is 5.75 Å². The number of anilines is 2. The molecule has 2 amide bonds. The van der Waals surface area contributed by atoms with Gasteiger partial charge in [-0.1, -0.05) is 76.6 Å². The molecule has 9 heteroatoms. The lowest BCUT2D eigenvalue weighted by atomic mass is 9.86. The first-order valence-electron chi connectivity index (χ1n) is 14.2. The molecule has 0 bridgehead atoms. The van der Waals surface area contributed by atoms with Crippen LogP contribution in [-0.2, 0) is 31.6 Å². The average molecular weight is 594 g/mol. The van der Waals surface area contributed by atoms with Gasteiger partial charge in [0.1, 0.15) is 18.9 Å². The molecule has 2 N–H and O–H groups in total. The van der Waals surface area contributed by atoms with E-state index in [1.165, 1.54) is 24.1 Å². The van der Waals surface area contributed by atoms with Crippen molar-refractivity contribution in [3.8, 4) is 5.75 Å². The Morgan fingerprint density at radius 2 is 1.67 bits per heavy atom. The molecule has 0 aliphatic rings. The molecule has 0 saturated carbocycles. The number of aryl methyl sites for hydroxylation is 1. The van der Waals surface area contributed by atoms with Crippen molar-refractivity contribution in [2.45, 2.75) is 77.7 Å². The fourth-order valence-electron chi connectivity index (χ4n) is 4.73. The number of nitrogens with zero attached hydrogens (tertiary/aromatic N) is 1. The highest BCUT2D eigenvalue weighted by molar-refractivity contribution is 7.89. The van der Waals surface area contributed by atoms with Gasteiger partial charge in [-0.05, 0) is 67.6 Å². The van der Waals surface area contributed by atoms with Gasteiger partial charge in [-0.15, -0.1) is 0 Å². The number of nitrogens with one attached hydrogen (secondary N) is 2. The normalized spacial score (nSPS) is 11.7. The van der Waals surface area contributed by atoms with Crippen LogP contribution in [0.1, 0.15) is 69.2 Å². The second kappa shape index (κ2) is 14.0. The summed E-state index contributed by atoms with van der Waals surface area (Å²) in [6, 6.07) is 18.3. The van der Waals surface area contributed by atoms with Gasteiger partial charge >= 0.3 is 0 Å². The van der Waals surface area contributed by atoms with Crippen molar-refractivity contribution in [3.05, 3.63) is 82.9 Å². The molecule has 0 unspecified atom stereocenters. The zero-order valence-corrected chi connectivity index (χ0v) is 26.5. The van der Waals surface area contributed by atoms with Gasteiger partial charge in [0.25, 0.3) is 0 Å². The van der Waals surface area contributed by atoms with Gasteiger partial charge in [0.15, 0.2) is 0 Å². The molecule has 3 rings (SSSR count). The predicted octanol–water partition coefficient (Wildman–Crippen LogP) is 6.25. The molecular weight excluding hydrogens is 550 g/mol. The van der Waals surface area contributed by atoms with Gasteiger partial charge in [0.05, 0.1) is 10.6 Å².